The second-order valence-electron chi connectivity index (χ2n) is 4.22. The molecule has 0 radical (unpaired) electrons. The van der Waals surface area contributed by atoms with Crippen LogP contribution in [-0.2, 0) is 6.54 Å². The molecule has 7 heteroatoms. The van der Waals surface area contributed by atoms with E-state index in [1.165, 1.54) is 0 Å². The van der Waals surface area contributed by atoms with E-state index in [-0.39, 0.29) is 11.3 Å². The molecule has 0 spiro atoms. The van der Waals surface area contributed by atoms with Gasteiger partial charge in [0, 0.05) is 18.4 Å². The van der Waals surface area contributed by atoms with Crippen molar-refractivity contribution in [3.63, 3.8) is 0 Å². The smallest absolute Gasteiger partial charge is 0.322 e. The summed E-state index contributed by atoms with van der Waals surface area (Å²) in [7, 11) is 0. The van der Waals surface area contributed by atoms with Crippen LogP contribution in [0.3, 0.4) is 0 Å². The van der Waals surface area contributed by atoms with Gasteiger partial charge in [-0.25, -0.2) is 0 Å². The molecule has 20 heavy (non-hydrogen) atoms. The number of hydrogen-bond acceptors (Lipinski definition) is 6. The van der Waals surface area contributed by atoms with Gasteiger partial charge in [0.2, 0.25) is 11.2 Å². The minimum atomic E-state index is 0.107. The third-order valence-corrected chi connectivity index (χ3v) is 2.62. The number of ether oxygens (including phenoxy) is 1. The first kappa shape index (κ1) is 14.5. The van der Waals surface area contributed by atoms with E-state index in [2.05, 4.69) is 25.3 Å². The fourth-order valence-corrected chi connectivity index (χ4v) is 1.61. The van der Waals surface area contributed by atoms with E-state index in [0.717, 1.165) is 17.7 Å². The van der Waals surface area contributed by atoms with Crippen LogP contribution in [0.4, 0.5) is 5.95 Å². The number of nitrogens with zero attached hydrogens (tertiary/aromatic N) is 4. The van der Waals surface area contributed by atoms with Crippen LogP contribution in [0.1, 0.15) is 24.6 Å². The lowest BCUT2D eigenvalue weighted by Gasteiger charge is -2.07. The van der Waals surface area contributed by atoms with Gasteiger partial charge in [0.25, 0.3) is 0 Å². The molecule has 0 amide bonds. The van der Waals surface area contributed by atoms with Crippen molar-refractivity contribution >= 4 is 17.5 Å². The number of rotatable bonds is 6. The molecule has 2 heterocycles. The van der Waals surface area contributed by atoms with Gasteiger partial charge in [-0.2, -0.15) is 15.0 Å². The van der Waals surface area contributed by atoms with Crippen molar-refractivity contribution in [1.82, 2.24) is 19.9 Å². The van der Waals surface area contributed by atoms with Crippen molar-refractivity contribution in [2.45, 2.75) is 26.8 Å². The molecular weight excluding hydrogens is 278 g/mol. The Kier molecular flexibility index (Phi) is 5.06. The van der Waals surface area contributed by atoms with E-state index >= 15 is 0 Å². The number of aromatic nitrogens is 4. The summed E-state index contributed by atoms with van der Waals surface area (Å²) >= 11 is 5.84. The van der Waals surface area contributed by atoms with E-state index in [0.29, 0.717) is 19.1 Å². The summed E-state index contributed by atoms with van der Waals surface area (Å²) in [4.78, 5) is 16.3. The molecule has 0 aliphatic carbocycles. The molecule has 0 saturated carbocycles. The van der Waals surface area contributed by atoms with Crippen LogP contribution >= 0.6 is 11.6 Å². The molecular formula is C13H16ClN5O. The highest BCUT2D eigenvalue weighted by atomic mass is 35.5. The topological polar surface area (TPSA) is 72.8 Å². The highest BCUT2D eigenvalue weighted by Crippen LogP contribution is 2.12. The molecule has 0 aliphatic heterocycles. The molecule has 0 fully saturated rings. The normalized spacial score (nSPS) is 10.3. The maximum absolute atomic E-state index is 5.84. The molecule has 0 saturated heterocycles. The quantitative estimate of drug-likeness (QED) is 0.882. The van der Waals surface area contributed by atoms with Gasteiger partial charge in [0.1, 0.15) is 0 Å². The molecule has 0 unspecified atom stereocenters. The lowest BCUT2D eigenvalue weighted by atomic mass is 10.2. The molecule has 0 bridgehead atoms. The van der Waals surface area contributed by atoms with Gasteiger partial charge in [-0.1, -0.05) is 13.0 Å². The van der Waals surface area contributed by atoms with Crippen molar-refractivity contribution in [2.24, 2.45) is 0 Å². The Morgan fingerprint density at radius 3 is 2.80 bits per heavy atom. The zero-order valence-corrected chi connectivity index (χ0v) is 12.2. The van der Waals surface area contributed by atoms with E-state index in [1.54, 1.807) is 6.20 Å². The third kappa shape index (κ3) is 4.31. The number of aryl methyl sites for hydroxylation is 1. The molecule has 0 aromatic carbocycles. The maximum Gasteiger partial charge on any atom is 0.322 e. The summed E-state index contributed by atoms with van der Waals surface area (Å²) in [6.45, 7) is 5.05. The summed E-state index contributed by atoms with van der Waals surface area (Å²) in [6, 6.07) is 4.18. The predicted molar refractivity (Wildman–Crippen MR) is 76.9 cm³/mol. The summed E-state index contributed by atoms with van der Waals surface area (Å²) in [5.41, 5.74) is 2.01. The number of nitrogens with one attached hydrogen (secondary N) is 1. The fraction of sp³-hybridized carbons (Fsp3) is 0.385. The van der Waals surface area contributed by atoms with Crippen LogP contribution in [0.2, 0.25) is 5.28 Å². The van der Waals surface area contributed by atoms with Crippen LogP contribution in [0.25, 0.3) is 0 Å². The Morgan fingerprint density at radius 1 is 1.25 bits per heavy atom. The van der Waals surface area contributed by atoms with Crippen molar-refractivity contribution in [1.29, 1.82) is 0 Å². The predicted octanol–water partition coefficient (Wildman–Crippen LogP) is 2.63. The first-order chi connectivity index (χ1) is 9.67. The minimum absolute atomic E-state index is 0.107. The van der Waals surface area contributed by atoms with Gasteiger partial charge in [0.05, 0.1) is 6.61 Å². The highest BCUT2D eigenvalue weighted by molar-refractivity contribution is 6.28. The second kappa shape index (κ2) is 7.00. The lowest BCUT2D eigenvalue weighted by molar-refractivity contribution is 0.291. The van der Waals surface area contributed by atoms with E-state index in [9.17, 15) is 0 Å². The van der Waals surface area contributed by atoms with Gasteiger partial charge in [-0.3, -0.25) is 4.98 Å². The largest absolute Gasteiger partial charge is 0.463 e. The first-order valence-corrected chi connectivity index (χ1v) is 6.75. The minimum Gasteiger partial charge on any atom is -0.463 e. The molecule has 106 valence electrons. The first-order valence-electron chi connectivity index (χ1n) is 6.37. The van der Waals surface area contributed by atoms with Crippen LogP contribution in [0.5, 0.6) is 6.01 Å². The van der Waals surface area contributed by atoms with Crippen molar-refractivity contribution < 1.29 is 4.74 Å². The monoisotopic (exact) mass is 293 g/mol. The Labute approximate surface area is 122 Å². The van der Waals surface area contributed by atoms with Gasteiger partial charge in [0.15, 0.2) is 0 Å². The Morgan fingerprint density at radius 2 is 2.10 bits per heavy atom. The Balaban J connectivity index is 2.01. The molecule has 2 aromatic heterocycles. The average molecular weight is 294 g/mol. The molecule has 1 N–H and O–H groups in total. The van der Waals surface area contributed by atoms with Crippen molar-refractivity contribution in [3.05, 3.63) is 34.9 Å². The molecule has 2 aromatic rings. The molecule has 0 aliphatic rings. The Hall–Kier alpha value is -1.95. The standard InChI is InChI=1S/C13H16ClN5O/c1-3-6-20-13-18-11(14)17-12(19-13)16-8-10-5-4-9(2)15-7-10/h4-5,7H,3,6,8H2,1-2H3,(H,16,17,18,19). The third-order valence-electron chi connectivity index (χ3n) is 2.45. The second-order valence-corrected chi connectivity index (χ2v) is 4.56. The molecule has 6 nitrogen and oxygen atoms in total. The zero-order valence-electron chi connectivity index (χ0n) is 11.4. The Bertz CT molecular complexity index is 561. The summed E-state index contributed by atoms with van der Waals surface area (Å²) in [5.74, 6) is 0.386. The molecule has 0 atom stereocenters. The van der Waals surface area contributed by atoms with Gasteiger partial charge in [-0.05, 0) is 36.6 Å². The summed E-state index contributed by atoms with van der Waals surface area (Å²) < 4.78 is 5.35. The van der Waals surface area contributed by atoms with Crippen LogP contribution in [-0.4, -0.2) is 26.5 Å². The van der Waals surface area contributed by atoms with Crippen molar-refractivity contribution in [2.75, 3.05) is 11.9 Å². The van der Waals surface area contributed by atoms with Crippen LogP contribution in [0, 0.1) is 6.92 Å². The van der Waals surface area contributed by atoms with Crippen LogP contribution < -0.4 is 10.1 Å². The number of anilines is 1. The van der Waals surface area contributed by atoms with Crippen LogP contribution in [0.15, 0.2) is 18.3 Å². The highest BCUT2D eigenvalue weighted by Gasteiger charge is 2.05. The van der Waals surface area contributed by atoms with Crippen molar-refractivity contribution in [3.8, 4) is 6.01 Å². The number of hydrogen-bond donors (Lipinski definition) is 1. The summed E-state index contributed by atoms with van der Waals surface area (Å²) in [6.07, 6.45) is 2.68. The van der Waals surface area contributed by atoms with E-state index in [4.69, 9.17) is 16.3 Å². The lowest BCUT2D eigenvalue weighted by Crippen LogP contribution is -2.08. The van der Waals surface area contributed by atoms with Gasteiger partial charge in [-0.15, -0.1) is 0 Å². The number of halogens is 1. The van der Waals surface area contributed by atoms with Gasteiger partial charge < -0.3 is 10.1 Å². The fourth-order valence-electron chi connectivity index (χ4n) is 1.45. The average Bonchev–Trinajstić information content (AvgIpc) is 2.44. The summed E-state index contributed by atoms with van der Waals surface area (Å²) in [5, 5.41) is 3.18. The molecule has 2 rings (SSSR count). The number of pyridine rings is 1. The maximum atomic E-state index is 5.84. The van der Waals surface area contributed by atoms with E-state index in [1.807, 2.05) is 26.0 Å². The SMILES string of the molecule is CCCOc1nc(Cl)nc(NCc2ccc(C)nc2)n1. The van der Waals surface area contributed by atoms with Gasteiger partial charge >= 0.3 is 6.01 Å². The zero-order chi connectivity index (χ0) is 14.4. The van der Waals surface area contributed by atoms with E-state index < -0.39 is 0 Å².